The predicted molar refractivity (Wildman–Crippen MR) is 86.2 cm³/mol. The number of hydrogen-bond acceptors (Lipinski definition) is 3. The minimum atomic E-state index is -0.275. The molecule has 1 aromatic rings. The van der Waals surface area contributed by atoms with Crippen LogP contribution in [0.5, 0.6) is 0 Å². The Bertz CT molecular complexity index is 550. The van der Waals surface area contributed by atoms with Gasteiger partial charge in [0.1, 0.15) is 5.82 Å². The molecule has 3 atom stereocenters. The third kappa shape index (κ3) is 3.90. The Morgan fingerprint density at radius 3 is 3.00 bits per heavy atom. The Morgan fingerprint density at radius 2 is 2.22 bits per heavy atom. The lowest BCUT2D eigenvalue weighted by Crippen LogP contribution is -2.42. The monoisotopic (exact) mass is 320 g/mol. The van der Waals surface area contributed by atoms with Crippen LogP contribution in [0.4, 0.5) is 4.39 Å². The summed E-state index contributed by atoms with van der Waals surface area (Å²) >= 11 is 0. The average Bonchev–Trinajstić information content (AvgIpc) is 2.99. The summed E-state index contributed by atoms with van der Waals surface area (Å²) in [7, 11) is 1.54. The number of nitrogens with one attached hydrogen (secondary N) is 2. The number of amides is 1. The van der Waals surface area contributed by atoms with Crippen molar-refractivity contribution in [2.45, 2.75) is 57.3 Å². The van der Waals surface area contributed by atoms with E-state index in [-0.39, 0.29) is 24.4 Å². The van der Waals surface area contributed by atoms with E-state index in [0.29, 0.717) is 24.1 Å². The zero-order chi connectivity index (χ0) is 16.2. The van der Waals surface area contributed by atoms with Crippen molar-refractivity contribution >= 4 is 5.91 Å². The molecule has 1 aromatic carbocycles. The van der Waals surface area contributed by atoms with Gasteiger partial charge in [0.15, 0.2) is 0 Å². The summed E-state index contributed by atoms with van der Waals surface area (Å²) in [6.45, 7) is 0.657. The second-order valence-electron chi connectivity index (χ2n) is 6.68. The molecule has 0 radical (unpaired) electrons. The second-order valence-corrected chi connectivity index (χ2v) is 6.68. The van der Waals surface area contributed by atoms with Crippen molar-refractivity contribution in [2.24, 2.45) is 5.92 Å². The van der Waals surface area contributed by atoms with Gasteiger partial charge in [-0.2, -0.15) is 0 Å². The SMILES string of the molecule is COCc1cc(CNC(=O)C2CC3CCCCC3N2)ccc1F. The van der Waals surface area contributed by atoms with Gasteiger partial charge in [-0.05, 0) is 42.9 Å². The summed E-state index contributed by atoms with van der Waals surface area (Å²) in [6, 6.07) is 5.32. The van der Waals surface area contributed by atoms with Crippen molar-refractivity contribution in [3.63, 3.8) is 0 Å². The first-order valence-electron chi connectivity index (χ1n) is 8.47. The third-order valence-electron chi connectivity index (χ3n) is 5.06. The van der Waals surface area contributed by atoms with Gasteiger partial charge in [0.05, 0.1) is 12.6 Å². The Hall–Kier alpha value is -1.46. The van der Waals surface area contributed by atoms with E-state index in [9.17, 15) is 9.18 Å². The number of carbonyl (C=O) groups excluding carboxylic acids is 1. The molecule has 3 unspecified atom stereocenters. The number of hydrogen-bond donors (Lipinski definition) is 2. The van der Waals surface area contributed by atoms with E-state index < -0.39 is 0 Å². The van der Waals surface area contributed by atoms with Crippen LogP contribution in [0, 0.1) is 11.7 Å². The lowest BCUT2D eigenvalue weighted by molar-refractivity contribution is -0.123. The molecule has 2 N–H and O–H groups in total. The van der Waals surface area contributed by atoms with E-state index >= 15 is 0 Å². The average molecular weight is 320 g/mol. The first-order chi connectivity index (χ1) is 11.2. The second kappa shape index (κ2) is 7.41. The van der Waals surface area contributed by atoms with Gasteiger partial charge in [-0.25, -0.2) is 4.39 Å². The van der Waals surface area contributed by atoms with Crippen LogP contribution < -0.4 is 10.6 Å². The normalized spacial score (nSPS) is 26.8. The highest BCUT2D eigenvalue weighted by Crippen LogP contribution is 2.33. The fourth-order valence-electron chi connectivity index (χ4n) is 3.84. The van der Waals surface area contributed by atoms with Crippen LogP contribution in [0.15, 0.2) is 18.2 Å². The zero-order valence-corrected chi connectivity index (χ0v) is 13.6. The third-order valence-corrected chi connectivity index (χ3v) is 5.06. The summed E-state index contributed by atoms with van der Waals surface area (Å²) in [6.07, 6.45) is 5.91. The Balaban J connectivity index is 1.54. The van der Waals surface area contributed by atoms with Gasteiger partial charge in [-0.3, -0.25) is 4.79 Å². The summed E-state index contributed by atoms with van der Waals surface area (Å²) in [5, 5.41) is 6.45. The van der Waals surface area contributed by atoms with Gasteiger partial charge >= 0.3 is 0 Å². The summed E-state index contributed by atoms with van der Waals surface area (Å²) in [4.78, 5) is 12.4. The molecule has 1 saturated heterocycles. The standard InChI is InChI=1S/C18H25FN2O2/c1-23-11-14-8-12(6-7-15(14)19)10-20-18(22)17-9-13-4-2-3-5-16(13)21-17/h6-8,13,16-17,21H,2-5,9-11H2,1H3,(H,20,22). The van der Waals surface area contributed by atoms with Crippen LogP contribution in [0.1, 0.15) is 43.2 Å². The van der Waals surface area contributed by atoms with Crippen molar-refractivity contribution in [1.29, 1.82) is 0 Å². The molecule has 23 heavy (non-hydrogen) atoms. The topological polar surface area (TPSA) is 50.4 Å². The predicted octanol–water partition coefficient (Wildman–Crippen LogP) is 2.51. The fourth-order valence-corrected chi connectivity index (χ4v) is 3.84. The van der Waals surface area contributed by atoms with Crippen LogP contribution in [-0.4, -0.2) is 25.1 Å². The molecule has 1 aliphatic heterocycles. The van der Waals surface area contributed by atoms with E-state index in [1.165, 1.54) is 31.7 Å². The molecule has 1 saturated carbocycles. The number of carbonyl (C=O) groups is 1. The summed E-state index contributed by atoms with van der Waals surface area (Å²) in [5.74, 6) is 0.430. The smallest absolute Gasteiger partial charge is 0.237 e. The first-order valence-corrected chi connectivity index (χ1v) is 8.47. The van der Waals surface area contributed by atoms with E-state index in [2.05, 4.69) is 10.6 Å². The maximum atomic E-state index is 13.6. The van der Waals surface area contributed by atoms with Crippen molar-refractivity contribution in [1.82, 2.24) is 10.6 Å². The lowest BCUT2D eigenvalue weighted by Gasteiger charge is -2.24. The maximum Gasteiger partial charge on any atom is 0.237 e. The highest BCUT2D eigenvalue weighted by Gasteiger charge is 2.37. The number of ether oxygens (including phenoxy) is 1. The fraction of sp³-hybridized carbons (Fsp3) is 0.611. The quantitative estimate of drug-likeness (QED) is 0.876. The van der Waals surface area contributed by atoms with E-state index in [1.54, 1.807) is 19.2 Å². The van der Waals surface area contributed by atoms with Crippen LogP contribution in [0.2, 0.25) is 0 Å². The maximum absolute atomic E-state index is 13.6. The number of methoxy groups -OCH3 is 1. The van der Waals surface area contributed by atoms with Crippen molar-refractivity contribution in [3.8, 4) is 0 Å². The largest absolute Gasteiger partial charge is 0.380 e. The molecular formula is C18H25FN2O2. The van der Waals surface area contributed by atoms with Gasteiger partial charge in [0, 0.05) is 25.3 Å². The molecule has 1 aliphatic carbocycles. The number of fused-ring (bicyclic) bond motifs is 1. The van der Waals surface area contributed by atoms with Gasteiger partial charge in [-0.15, -0.1) is 0 Å². The molecule has 5 heteroatoms. The number of rotatable bonds is 5. The molecule has 2 fully saturated rings. The molecule has 2 aliphatic rings. The van der Waals surface area contributed by atoms with E-state index in [0.717, 1.165) is 12.0 Å². The molecule has 4 nitrogen and oxygen atoms in total. The molecule has 3 rings (SSSR count). The molecule has 126 valence electrons. The van der Waals surface area contributed by atoms with Gasteiger partial charge in [-0.1, -0.05) is 18.9 Å². The summed E-state index contributed by atoms with van der Waals surface area (Å²) < 4.78 is 18.6. The summed E-state index contributed by atoms with van der Waals surface area (Å²) in [5.41, 5.74) is 1.41. The van der Waals surface area contributed by atoms with Crippen molar-refractivity contribution in [2.75, 3.05) is 7.11 Å². The lowest BCUT2D eigenvalue weighted by atomic mass is 9.85. The Kier molecular flexibility index (Phi) is 5.28. The Morgan fingerprint density at radius 1 is 1.39 bits per heavy atom. The minimum Gasteiger partial charge on any atom is -0.380 e. The Labute approximate surface area is 136 Å². The van der Waals surface area contributed by atoms with Crippen molar-refractivity contribution in [3.05, 3.63) is 35.1 Å². The van der Waals surface area contributed by atoms with Crippen LogP contribution in [-0.2, 0) is 22.7 Å². The molecule has 1 amide bonds. The number of halogens is 1. The van der Waals surface area contributed by atoms with E-state index in [4.69, 9.17) is 4.74 Å². The van der Waals surface area contributed by atoms with Crippen LogP contribution >= 0.6 is 0 Å². The molecule has 0 spiro atoms. The molecule has 0 bridgehead atoms. The van der Waals surface area contributed by atoms with Gasteiger partial charge in [0.2, 0.25) is 5.91 Å². The van der Waals surface area contributed by atoms with Gasteiger partial charge in [0.25, 0.3) is 0 Å². The minimum absolute atomic E-state index is 0.0528. The molecular weight excluding hydrogens is 295 g/mol. The van der Waals surface area contributed by atoms with E-state index in [1.807, 2.05) is 0 Å². The first kappa shape index (κ1) is 16.4. The zero-order valence-electron chi connectivity index (χ0n) is 13.6. The molecule has 0 aromatic heterocycles. The highest BCUT2D eigenvalue weighted by molar-refractivity contribution is 5.82. The van der Waals surface area contributed by atoms with Gasteiger partial charge < -0.3 is 15.4 Å². The van der Waals surface area contributed by atoms with Crippen molar-refractivity contribution < 1.29 is 13.9 Å². The highest BCUT2D eigenvalue weighted by atomic mass is 19.1. The molecule has 1 heterocycles. The number of benzene rings is 1. The van der Waals surface area contributed by atoms with Crippen LogP contribution in [0.3, 0.4) is 0 Å². The van der Waals surface area contributed by atoms with Crippen LogP contribution in [0.25, 0.3) is 0 Å².